The normalized spacial score (nSPS) is 23.2. The van der Waals surface area contributed by atoms with Gasteiger partial charge in [-0.25, -0.2) is 13.9 Å². The number of nitrogens with zero attached hydrogens (tertiary/aromatic N) is 4. The van der Waals surface area contributed by atoms with E-state index in [-0.39, 0.29) is 31.4 Å². The lowest BCUT2D eigenvalue weighted by molar-refractivity contribution is -0.160. The van der Waals surface area contributed by atoms with Gasteiger partial charge in [-0.05, 0) is 50.5 Å². The average Bonchev–Trinajstić information content (AvgIpc) is 3.30. The number of aromatic nitrogens is 3. The monoisotopic (exact) mass is 448 g/mol. The van der Waals surface area contributed by atoms with Gasteiger partial charge in [0.15, 0.2) is 11.3 Å². The highest BCUT2D eigenvalue weighted by atomic mass is 19.4. The number of benzene rings is 1. The SMILES string of the molecule is CC(C)(O)C1(F)CCN(c2ccc3ncc(-c4cccc(C5(C(F)(F)F)CC5)c4)n3n2)C1. The van der Waals surface area contributed by atoms with Gasteiger partial charge in [0.1, 0.15) is 5.82 Å². The Kier molecular flexibility index (Phi) is 4.41. The van der Waals surface area contributed by atoms with Crippen LogP contribution in [-0.4, -0.2) is 50.2 Å². The van der Waals surface area contributed by atoms with Gasteiger partial charge in [-0.2, -0.15) is 13.2 Å². The molecule has 1 unspecified atom stereocenters. The Labute approximate surface area is 182 Å². The van der Waals surface area contributed by atoms with Crippen molar-refractivity contribution in [3.8, 4) is 11.3 Å². The molecule has 9 heteroatoms. The predicted octanol–water partition coefficient (Wildman–Crippen LogP) is 4.68. The molecule has 1 N–H and O–H groups in total. The molecule has 1 atom stereocenters. The fourth-order valence-electron chi connectivity index (χ4n) is 4.53. The van der Waals surface area contributed by atoms with Crippen molar-refractivity contribution in [2.45, 2.75) is 56.0 Å². The summed E-state index contributed by atoms with van der Waals surface area (Å²) in [5.41, 5.74) is -3.06. The smallest absolute Gasteiger partial charge is 0.387 e. The molecule has 1 saturated carbocycles. The highest BCUT2D eigenvalue weighted by Gasteiger charge is 2.64. The van der Waals surface area contributed by atoms with E-state index in [0.717, 1.165) is 0 Å². The van der Waals surface area contributed by atoms with Crippen LogP contribution in [0, 0.1) is 0 Å². The van der Waals surface area contributed by atoms with Crippen LogP contribution < -0.4 is 4.90 Å². The van der Waals surface area contributed by atoms with Crippen LogP contribution in [0.15, 0.2) is 42.6 Å². The zero-order chi connectivity index (χ0) is 22.9. The van der Waals surface area contributed by atoms with E-state index < -0.39 is 22.9 Å². The summed E-state index contributed by atoms with van der Waals surface area (Å²) in [6, 6.07) is 9.94. The second-order valence-corrected chi connectivity index (χ2v) is 9.46. The van der Waals surface area contributed by atoms with Gasteiger partial charge in [0.05, 0.1) is 29.5 Å². The van der Waals surface area contributed by atoms with Crippen molar-refractivity contribution in [2.75, 3.05) is 18.0 Å². The van der Waals surface area contributed by atoms with Crippen LogP contribution in [-0.2, 0) is 5.41 Å². The van der Waals surface area contributed by atoms with Crippen LogP contribution in [0.4, 0.5) is 23.4 Å². The Morgan fingerprint density at radius 2 is 1.81 bits per heavy atom. The second kappa shape index (κ2) is 6.66. The Morgan fingerprint density at radius 1 is 1.06 bits per heavy atom. The Morgan fingerprint density at radius 3 is 2.44 bits per heavy atom. The van der Waals surface area contributed by atoms with Gasteiger partial charge < -0.3 is 10.0 Å². The van der Waals surface area contributed by atoms with Crippen LogP contribution in [0.2, 0.25) is 0 Å². The third kappa shape index (κ3) is 3.17. The molecule has 3 heterocycles. The summed E-state index contributed by atoms with van der Waals surface area (Å²) in [7, 11) is 0. The number of anilines is 1. The molecule has 0 bridgehead atoms. The van der Waals surface area contributed by atoms with Gasteiger partial charge in [0, 0.05) is 18.5 Å². The summed E-state index contributed by atoms with van der Waals surface area (Å²) in [5, 5.41) is 14.8. The zero-order valence-corrected chi connectivity index (χ0v) is 17.8. The molecule has 0 spiro atoms. The first kappa shape index (κ1) is 21.2. The van der Waals surface area contributed by atoms with Gasteiger partial charge in [-0.1, -0.05) is 18.2 Å². The summed E-state index contributed by atoms with van der Waals surface area (Å²) < 4.78 is 57.5. The van der Waals surface area contributed by atoms with Gasteiger partial charge in [0.2, 0.25) is 0 Å². The topological polar surface area (TPSA) is 53.7 Å². The van der Waals surface area contributed by atoms with Crippen LogP contribution in [0.3, 0.4) is 0 Å². The number of imidazole rings is 1. The van der Waals surface area contributed by atoms with Gasteiger partial charge >= 0.3 is 6.18 Å². The molecule has 2 aliphatic rings. The van der Waals surface area contributed by atoms with Crippen molar-refractivity contribution in [2.24, 2.45) is 0 Å². The Balaban J connectivity index is 1.51. The molecule has 2 fully saturated rings. The van der Waals surface area contributed by atoms with E-state index in [1.165, 1.54) is 19.9 Å². The van der Waals surface area contributed by atoms with Crippen LogP contribution in [0.1, 0.15) is 38.7 Å². The minimum Gasteiger partial charge on any atom is -0.387 e. The van der Waals surface area contributed by atoms with E-state index in [1.807, 2.05) is 0 Å². The van der Waals surface area contributed by atoms with Crippen molar-refractivity contribution in [3.63, 3.8) is 0 Å². The van der Waals surface area contributed by atoms with E-state index in [0.29, 0.717) is 29.3 Å². The maximum Gasteiger partial charge on any atom is 0.398 e. The predicted molar refractivity (Wildman–Crippen MR) is 112 cm³/mol. The zero-order valence-electron chi connectivity index (χ0n) is 17.8. The van der Waals surface area contributed by atoms with Crippen molar-refractivity contribution >= 4 is 11.5 Å². The molecule has 0 amide bonds. The van der Waals surface area contributed by atoms with E-state index >= 15 is 4.39 Å². The first-order valence-corrected chi connectivity index (χ1v) is 10.6. The highest BCUT2D eigenvalue weighted by Crippen LogP contribution is 2.59. The molecule has 1 aliphatic carbocycles. The van der Waals surface area contributed by atoms with Gasteiger partial charge in [0.25, 0.3) is 0 Å². The number of hydrogen-bond acceptors (Lipinski definition) is 4. The van der Waals surface area contributed by atoms with Crippen molar-refractivity contribution in [1.29, 1.82) is 0 Å². The summed E-state index contributed by atoms with van der Waals surface area (Å²) in [6.45, 7) is 3.32. The average molecular weight is 448 g/mol. The molecule has 3 aromatic rings. The molecule has 2 aromatic heterocycles. The van der Waals surface area contributed by atoms with E-state index in [1.54, 1.807) is 45.9 Å². The number of hydrogen-bond donors (Lipinski definition) is 1. The summed E-state index contributed by atoms with van der Waals surface area (Å²) >= 11 is 0. The summed E-state index contributed by atoms with van der Waals surface area (Å²) in [5.74, 6) is 0.519. The number of fused-ring (bicyclic) bond motifs is 1. The Hall–Kier alpha value is -2.68. The maximum absolute atomic E-state index is 15.2. The molecule has 5 nitrogen and oxygen atoms in total. The summed E-state index contributed by atoms with van der Waals surface area (Å²) in [6.07, 6.45) is -2.34. The number of alkyl halides is 4. The molecule has 1 saturated heterocycles. The molecule has 32 heavy (non-hydrogen) atoms. The van der Waals surface area contributed by atoms with Crippen LogP contribution >= 0.6 is 0 Å². The fourth-order valence-corrected chi connectivity index (χ4v) is 4.53. The van der Waals surface area contributed by atoms with Crippen molar-refractivity contribution in [1.82, 2.24) is 14.6 Å². The fraction of sp³-hybridized carbons (Fsp3) is 0.478. The first-order chi connectivity index (χ1) is 14.9. The van der Waals surface area contributed by atoms with Gasteiger partial charge in [-0.3, -0.25) is 0 Å². The molecule has 170 valence electrons. The van der Waals surface area contributed by atoms with E-state index in [4.69, 9.17) is 0 Å². The molecule has 5 rings (SSSR count). The lowest BCUT2D eigenvalue weighted by Crippen LogP contribution is -2.48. The maximum atomic E-state index is 15.2. The Bertz CT molecular complexity index is 1180. The lowest BCUT2D eigenvalue weighted by atomic mass is 9.87. The van der Waals surface area contributed by atoms with Crippen molar-refractivity contribution in [3.05, 3.63) is 48.2 Å². The minimum absolute atomic E-state index is 0.00260. The van der Waals surface area contributed by atoms with Gasteiger partial charge in [-0.15, -0.1) is 5.10 Å². The number of halogens is 4. The standard InChI is InChI=1S/C23H24F4N4O/c1-20(2,32)22(24)10-11-30(14-22)19-7-6-18-28-13-17(31(18)29-19)15-4-3-5-16(12-15)21(8-9-21)23(25,26)27/h3-7,12-13,32H,8-11,14H2,1-2H3. The highest BCUT2D eigenvalue weighted by molar-refractivity contribution is 5.65. The molecule has 0 radical (unpaired) electrons. The molecule has 1 aromatic carbocycles. The van der Waals surface area contributed by atoms with Crippen molar-refractivity contribution < 1.29 is 22.7 Å². The second-order valence-electron chi connectivity index (χ2n) is 9.46. The lowest BCUT2D eigenvalue weighted by Gasteiger charge is -2.32. The molecule has 1 aliphatic heterocycles. The number of rotatable bonds is 4. The van der Waals surface area contributed by atoms with E-state index in [9.17, 15) is 18.3 Å². The molecular weight excluding hydrogens is 424 g/mol. The van der Waals surface area contributed by atoms with Crippen LogP contribution in [0.25, 0.3) is 16.9 Å². The van der Waals surface area contributed by atoms with E-state index in [2.05, 4.69) is 10.1 Å². The third-order valence-corrected chi connectivity index (χ3v) is 6.99. The summed E-state index contributed by atoms with van der Waals surface area (Å²) in [4.78, 5) is 6.10. The van der Waals surface area contributed by atoms with Crippen LogP contribution in [0.5, 0.6) is 0 Å². The quantitative estimate of drug-likeness (QED) is 0.589. The first-order valence-electron chi connectivity index (χ1n) is 10.6. The largest absolute Gasteiger partial charge is 0.398 e. The molecular formula is C23H24F4N4O. The third-order valence-electron chi connectivity index (χ3n) is 6.99. The minimum atomic E-state index is -4.29. The number of aliphatic hydroxyl groups is 1.